The van der Waals surface area contributed by atoms with Crippen LogP contribution in [0.1, 0.15) is 38.2 Å². The van der Waals surface area contributed by atoms with Crippen LogP contribution < -0.4 is 5.32 Å². The van der Waals surface area contributed by atoms with Crippen LogP contribution in [0.2, 0.25) is 0 Å². The lowest BCUT2D eigenvalue weighted by atomic mass is 10.0. The molecule has 0 aliphatic heterocycles. The van der Waals surface area contributed by atoms with E-state index in [-0.39, 0.29) is 0 Å². The first-order chi connectivity index (χ1) is 8.71. The van der Waals surface area contributed by atoms with E-state index in [1.165, 1.54) is 35.9 Å². The molecule has 1 aromatic heterocycles. The van der Waals surface area contributed by atoms with Crippen LogP contribution in [-0.2, 0) is 0 Å². The van der Waals surface area contributed by atoms with Crippen LogP contribution in [0.3, 0.4) is 0 Å². The van der Waals surface area contributed by atoms with E-state index < -0.39 is 0 Å². The molecule has 0 atom stereocenters. The Morgan fingerprint density at radius 1 is 1.39 bits per heavy atom. The fraction of sp³-hybridized carbons (Fsp3) is 0.533. The summed E-state index contributed by atoms with van der Waals surface area (Å²) in [5.74, 6) is 0. The molecule has 3 heteroatoms. The first-order valence-corrected chi connectivity index (χ1v) is 7.63. The Hall–Kier alpha value is -1.09. The summed E-state index contributed by atoms with van der Waals surface area (Å²) in [5, 5.41) is 4.63. The number of hydrogen-bond donors (Lipinski definition) is 1. The molecule has 0 spiro atoms. The second-order valence-electron chi connectivity index (χ2n) is 5.59. The van der Waals surface area contributed by atoms with E-state index >= 15 is 0 Å². The average Bonchev–Trinajstić information content (AvgIpc) is 2.99. The first-order valence-electron chi connectivity index (χ1n) is 6.82. The van der Waals surface area contributed by atoms with Crippen molar-refractivity contribution in [2.24, 2.45) is 5.41 Å². The van der Waals surface area contributed by atoms with Crippen molar-refractivity contribution in [2.75, 3.05) is 11.9 Å². The smallest absolute Gasteiger partial charge is 0.183 e. The van der Waals surface area contributed by atoms with Crippen LogP contribution in [0.25, 0.3) is 10.2 Å². The monoisotopic (exact) mass is 260 g/mol. The lowest BCUT2D eigenvalue weighted by molar-refractivity contribution is 0.485. The molecule has 1 N–H and O–H groups in total. The van der Waals surface area contributed by atoms with Gasteiger partial charge >= 0.3 is 0 Å². The third kappa shape index (κ3) is 2.37. The van der Waals surface area contributed by atoms with Crippen molar-refractivity contribution in [3.8, 4) is 0 Å². The summed E-state index contributed by atoms with van der Waals surface area (Å²) in [5.41, 5.74) is 2.99. The van der Waals surface area contributed by atoms with Crippen molar-refractivity contribution in [1.82, 2.24) is 4.98 Å². The Balaban J connectivity index is 1.71. The molecule has 1 fully saturated rings. The number of anilines is 1. The van der Waals surface area contributed by atoms with Gasteiger partial charge in [0.15, 0.2) is 5.13 Å². The summed E-state index contributed by atoms with van der Waals surface area (Å²) in [6, 6.07) is 6.49. The highest BCUT2D eigenvalue weighted by molar-refractivity contribution is 7.22. The summed E-state index contributed by atoms with van der Waals surface area (Å²) in [7, 11) is 0. The maximum atomic E-state index is 4.67. The van der Waals surface area contributed by atoms with Gasteiger partial charge in [0.2, 0.25) is 0 Å². The van der Waals surface area contributed by atoms with E-state index in [1.807, 2.05) is 0 Å². The Morgan fingerprint density at radius 3 is 2.94 bits per heavy atom. The van der Waals surface area contributed by atoms with Gasteiger partial charge in [-0.2, -0.15) is 0 Å². The molecule has 2 nitrogen and oxygen atoms in total. The van der Waals surface area contributed by atoms with E-state index in [1.54, 1.807) is 11.3 Å². The van der Waals surface area contributed by atoms with Crippen LogP contribution in [0.5, 0.6) is 0 Å². The third-order valence-electron chi connectivity index (χ3n) is 3.90. The van der Waals surface area contributed by atoms with Gasteiger partial charge in [0.1, 0.15) is 0 Å². The van der Waals surface area contributed by atoms with E-state index in [9.17, 15) is 0 Å². The third-order valence-corrected chi connectivity index (χ3v) is 4.89. The number of aryl methyl sites for hydroxylation is 1. The van der Waals surface area contributed by atoms with Crippen molar-refractivity contribution in [1.29, 1.82) is 0 Å². The van der Waals surface area contributed by atoms with Gasteiger partial charge in [-0.25, -0.2) is 4.98 Å². The van der Waals surface area contributed by atoms with E-state index in [0.717, 1.165) is 17.2 Å². The van der Waals surface area contributed by atoms with Crippen LogP contribution >= 0.6 is 11.3 Å². The van der Waals surface area contributed by atoms with Crippen molar-refractivity contribution in [2.45, 2.75) is 39.5 Å². The molecule has 0 amide bonds. The zero-order valence-electron chi connectivity index (χ0n) is 11.1. The van der Waals surface area contributed by atoms with Gasteiger partial charge in [-0.3, -0.25) is 0 Å². The van der Waals surface area contributed by atoms with Crippen molar-refractivity contribution < 1.29 is 0 Å². The number of fused-ring (bicyclic) bond motifs is 1. The highest BCUT2D eigenvalue weighted by atomic mass is 32.1. The standard InChI is InChI=1S/C15H20N2S/c1-3-6-15(7-8-15)10-16-14-17-12-9-11(2)4-5-13(12)18-14/h4-5,9H,3,6-8,10H2,1-2H3,(H,16,17). The zero-order valence-corrected chi connectivity index (χ0v) is 11.9. The molecule has 1 aromatic carbocycles. The van der Waals surface area contributed by atoms with Gasteiger partial charge in [-0.15, -0.1) is 0 Å². The Labute approximate surface area is 112 Å². The zero-order chi connectivity index (χ0) is 12.6. The number of nitrogens with zero attached hydrogens (tertiary/aromatic N) is 1. The molecule has 0 bridgehead atoms. The van der Waals surface area contributed by atoms with E-state index in [0.29, 0.717) is 5.41 Å². The molecule has 0 unspecified atom stereocenters. The number of benzene rings is 1. The van der Waals surface area contributed by atoms with Crippen LogP contribution in [0.15, 0.2) is 18.2 Å². The minimum Gasteiger partial charge on any atom is -0.361 e. The van der Waals surface area contributed by atoms with Crippen molar-refractivity contribution in [3.63, 3.8) is 0 Å². The minimum atomic E-state index is 0.586. The largest absolute Gasteiger partial charge is 0.361 e. The summed E-state index contributed by atoms with van der Waals surface area (Å²) < 4.78 is 1.28. The van der Waals surface area contributed by atoms with Gasteiger partial charge in [-0.05, 0) is 49.3 Å². The Morgan fingerprint density at radius 2 is 2.22 bits per heavy atom. The lowest BCUT2D eigenvalue weighted by Crippen LogP contribution is -2.14. The molecule has 0 radical (unpaired) electrons. The van der Waals surface area contributed by atoms with E-state index in [2.05, 4.69) is 42.3 Å². The minimum absolute atomic E-state index is 0.586. The first kappa shape index (κ1) is 12.0. The molecule has 18 heavy (non-hydrogen) atoms. The van der Waals surface area contributed by atoms with E-state index in [4.69, 9.17) is 0 Å². The van der Waals surface area contributed by atoms with Gasteiger partial charge in [0.25, 0.3) is 0 Å². The molecular formula is C15H20N2S. The van der Waals surface area contributed by atoms with Crippen LogP contribution in [-0.4, -0.2) is 11.5 Å². The maximum absolute atomic E-state index is 4.67. The van der Waals surface area contributed by atoms with Gasteiger partial charge < -0.3 is 5.32 Å². The number of thiazole rings is 1. The Kier molecular flexibility index (Phi) is 3.02. The molecule has 1 heterocycles. The predicted molar refractivity (Wildman–Crippen MR) is 79.4 cm³/mol. The summed E-state index contributed by atoms with van der Waals surface area (Å²) >= 11 is 1.77. The molecule has 96 valence electrons. The van der Waals surface area contributed by atoms with Crippen LogP contribution in [0.4, 0.5) is 5.13 Å². The summed E-state index contributed by atoms with van der Waals surface area (Å²) in [6.45, 7) is 5.49. The van der Waals surface area contributed by atoms with Gasteiger partial charge in [0.05, 0.1) is 10.2 Å². The topological polar surface area (TPSA) is 24.9 Å². The number of rotatable bonds is 5. The van der Waals surface area contributed by atoms with Crippen molar-refractivity contribution >= 4 is 26.7 Å². The van der Waals surface area contributed by atoms with Gasteiger partial charge in [-0.1, -0.05) is 30.7 Å². The second-order valence-corrected chi connectivity index (χ2v) is 6.62. The molecule has 1 aliphatic carbocycles. The normalized spacial score (nSPS) is 17.0. The number of aromatic nitrogens is 1. The SMILES string of the molecule is CCCC1(CNc2nc3cc(C)ccc3s2)CC1. The fourth-order valence-electron chi connectivity index (χ4n) is 2.60. The molecule has 2 aromatic rings. The van der Waals surface area contributed by atoms with Crippen LogP contribution in [0, 0.1) is 12.3 Å². The highest BCUT2D eigenvalue weighted by Crippen LogP contribution is 2.49. The maximum Gasteiger partial charge on any atom is 0.183 e. The molecule has 3 rings (SSSR count). The van der Waals surface area contributed by atoms with Crippen molar-refractivity contribution in [3.05, 3.63) is 23.8 Å². The molecule has 0 saturated heterocycles. The van der Waals surface area contributed by atoms with Gasteiger partial charge in [0, 0.05) is 6.54 Å². The quantitative estimate of drug-likeness (QED) is 0.850. The summed E-state index contributed by atoms with van der Waals surface area (Å²) in [4.78, 5) is 4.67. The second kappa shape index (κ2) is 4.54. The summed E-state index contributed by atoms with van der Waals surface area (Å²) in [6.07, 6.45) is 5.42. The average molecular weight is 260 g/mol. The number of hydrogen-bond acceptors (Lipinski definition) is 3. The fourth-order valence-corrected chi connectivity index (χ4v) is 3.44. The molecule has 1 aliphatic rings. The molecular weight excluding hydrogens is 240 g/mol. The molecule has 1 saturated carbocycles. The highest BCUT2D eigenvalue weighted by Gasteiger charge is 2.41. The Bertz CT molecular complexity index is 555. The predicted octanol–water partition coefficient (Wildman–Crippen LogP) is 4.60. The number of nitrogens with one attached hydrogen (secondary N) is 1. The lowest BCUT2D eigenvalue weighted by Gasteiger charge is -2.13.